The van der Waals surface area contributed by atoms with E-state index in [2.05, 4.69) is 10.0 Å². The van der Waals surface area contributed by atoms with E-state index < -0.39 is 17.2 Å². The number of anilines is 1. The Kier molecular flexibility index (Phi) is 5.00. The van der Waals surface area contributed by atoms with E-state index >= 15 is 0 Å². The lowest BCUT2D eigenvalue weighted by atomic mass is 9.94. The summed E-state index contributed by atoms with van der Waals surface area (Å²) in [6, 6.07) is 5.07. The molecule has 0 radical (unpaired) electrons. The van der Waals surface area contributed by atoms with Gasteiger partial charge in [-0.25, -0.2) is 0 Å². The van der Waals surface area contributed by atoms with E-state index in [1.807, 2.05) is 6.07 Å². The first-order chi connectivity index (χ1) is 11.4. The van der Waals surface area contributed by atoms with E-state index in [0.717, 1.165) is 35.4 Å². The number of phenols is 1. The minimum atomic E-state index is -3.34. The molecule has 2 heterocycles. The Morgan fingerprint density at radius 2 is 2.12 bits per heavy atom. The number of aliphatic hydroxyl groups excluding tert-OH is 1. The molecule has 134 valence electrons. The minimum absolute atomic E-state index is 0.0273. The second-order valence-electron chi connectivity index (χ2n) is 6.28. The molecule has 0 amide bonds. The fourth-order valence-corrected chi connectivity index (χ4v) is 4.64. The standard InChI is InChI=1S/C15H23N3O5S/c19-9-12-3-1-2-11(16-12)6-10-4-5-13(14(20)7-10)18-8-15(21)17-24(18,22)23/h4-5,7,9,11-12,15-17,20-23H,1-3,6,8H2. The van der Waals surface area contributed by atoms with Gasteiger partial charge in [-0.3, -0.25) is 13.4 Å². The molecular weight excluding hydrogens is 334 g/mol. The molecule has 2 fully saturated rings. The van der Waals surface area contributed by atoms with Gasteiger partial charge in [-0.15, -0.1) is 0 Å². The number of piperidine rings is 1. The van der Waals surface area contributed by atoms with Crippen LogP contribution in [-0.4, -0.2) is 50.5 Å². The van der Waals surface area contributed by atoms with Gasteiger partial charge in [0.1, 0.15) is 24.0 Å². The number of hydrogen-bond donors (Lipinski definition) is 6. The second kappa shape index (κ2) is 6.87. The van der Waals surface area contributed by atoms with E-state index in [9.17, 15) is 24.1 Å². The molecule has 1 aromatic carbocycles. The van der Waals surface area contributed by atoms with Crippen LogP contribution in [0.15, 0.2) is 18.2 Å². The van der Waals surface area contributed by atoms with Crippen molar-refractivity contribution in [3.8, 4) is 5.75 Å². The zero-order valence-corrected chi connectivity index (χ0v) is 13.9. The molecule has 2 aliphatic heterocycles. The van der Waals surface area contributed by atoms with Gasteiger partial charge in [0.25, 0.3) is 0 Å². The maximum absolute atomic E-state index is 10.9. The highest BCUT2D eigenvalue weighted by Crippen LogP contribution is 2.49. The molecule has 9 heteroatoms. The fourth-order valence-electron chi connectivity index (χ4n) is 3.29. The van der Waals surface area contributed by atoms with Crippen molar-refractivity contribution >= 4 is 22.9 Å². The average Bonchev–Trinajstić information content (AvgIpc) is 2.80. The van der Waals surface area contributed by atoms with Crippen molar-refractivity contribution < 1.29 is 24.1 Å². The highest BCUT2D eigenvalue weighted by atomic mass is 32.3. The van der Waals surface area contributed by atoms with Crippen LogP contribution >= 0.6 is 11.0 Å². The van der Waals surface area contributed by atoms with Crippen molar-refractivity contribution in [1.29, 1.82) is 0 Å². The van der Waals surface area contributed by atoms with Gasteiger partial charge < -0.3 is 20.3 Å². The molecule has 24 heavy (non-hydrogen) atoms. The van der Waals surface area contributed by atoms with Crippen LogP contribution in [0.1, 0.15) is 24.8 Å². The fraction of sp³-hybridized carbons (Fsp3) is 0.533. The summed E-state index contributed by atoms with van der Waals surface area (Å²) in [7, 11) is -3.34. The maximum Gasteiger partial charge on any atom is 0.142 e. The molecule has 3 atom stereocenters. The lowest BCUT2D eigenvalue weighted by Crippen LogP contribution is -2.44. The Morgan fingerprint density at radius 3 is 2.75 bits per heavy atom. The molecule has 8 nitrogen and oxygen atoms in total. The zero-order chi connectivity index (χ0) is 17.3. The number of nitrogens with one attached hydrogen (secondary N) is 2. The van der Waals surface area contributed by atoms with Crippen molar-refractivity contribution in [1.82, 2.24) is 10.0 Å². The van der Waals surface area contributed by atoms with Gasteiger partial charge in [0.15, 0.2) is 0 Å². The van der Waals surface area contributed by atoms with E-state index in [4.69, 9.17) is 0 Å². The summed E-state index contributed by atoms with van der Waals surface area (Å²) in [6.45, 7) is -0.0273. The van der Waals surface area contributed by atoms with Crippen molar-refractivity contribution in [3.63, 3.8) is 0 Å². The third kappa shape index (κ3) is 3.66. The quantitative estimate of drug-likeness (QED) is 0.440. The summed E-state index contributed by atoms with van der Waals surface area (Å²) in [6.07, 6.45) is 3.35. The number of phenolic OH excluding ortho intramolecular Hbond substituents is 1. The van der Waals surface area contributed by atoms with Gasteiger partial charge in [0.2, 0.25) is 0 Å². The van der Waals surface area contributed by atoms with Gasteiger partial charge in [-0.05, 0) is 43.4 Å². The first-order valence-electron chi connectivity index (χ1n) is 7.93. The molecule has 6 N–H and O–H groups in total. The number of aldehydes is 1. The Bertz CT molecular complexity index is 615. The third-order valence-corrected chi connectivity index (χ3v) is 5.96. The Labute approximate surface area is 142 Å². The molecule has 0 saturated carbocycles. The van der Waals surface area contributed by atoms with Crippen molar-refractivity contribution in [2.24, 2.45) is 0 Å². The summed E-state index contributed by atoms with van der Waals surface area (Å²) in [5, 5.41) is 23.1. The van der Waals surface area contributed by atoms with Crippen LogP contribution in [0.2, 0.25) is 0 Å². The maximum atomic E-state index is 10.9. The molecule has 0 spiro atoms. The highest BCUT2D eigenvalue weighted by Gasteiger charge is 2.36. The van der Waals surface area contributed by atoms with Gasteiger partial charge in [-0.1, -0.05) is 17.0 Å². The first-order valence-corrected chi connectivity index (χ1v) is 9.44. The number of carbonyl (C=O) groups is 1. The molecule has 0 aromatic heterocycles. The second-order valence-corrected chi connectivity index (χ2v) is 7.99. The molecule has 3 rings (SSSR count). The Balaban J connectivity index is 1.72. The summed E-state index contributed by atoms with van der Waals surface area (Å²) >= 11 is 0. The van der Waals surface area contributed by atoms with E-state index in [0.29, 0.717) is 6.42 Å². The lowest BCUT2D eigenvalue weighted by molar-refractivity contribution is -0.110. The lowest BCUT2D eigenvalue weighted by Gasteiger charge is -2.37. The number of nitrogens with zero attached hydrogens (tertiary/aromatic N) is 1. The minimum Gasteiger partial charge on any atom is -0.506 e. The molecule has 0 aliphatic carbocycles. The van der Waals surface area contributed by atoms with Crippen LogP contribution in [-0.2, 0) is 11.2 Å². The number of aliphatic hydroxyl groups is 1. The van der Waals surface area contributed by atoms with Crippen molar-refractivity contribution in [3.05, 3.63) is 23.8 Å². The van der Waals surface area contributed by atoms with Gasteiger partial charge in [0.05, 0.1) is 12.6 Å². The van der Waals surface area contributed by atoms with Crippen LogP contribution < -0.4 is 14.3 Å². The van der Waals surface area contributed by atoms with Crippen LogP contribution in [0.5, 0.6) is 5.75 Å². The Hall–Kier alpha value is -1.36. The first kappa shape index (κ1) is 17.5. The SMILES string of the molecule is O=CC1CCCC(Cc2ccc(N3CC(O)NS3(O)O)c(O)c2)N1. The Morgan fingerprint density at radius 1 is 1.33 bits per heavy atom. The summed E-state index contributed by atoms with van der Waals surface area (Å²) in [4.78, 5) is 10.9. The van der Waals surface area contributed by atoms with E-state index in [-0.39, 0.29) is 30.1 Å². The zero-order valence-electron chi connectivity index (χ0n) is 13.1. The third-order valence-electron chi connectivity index (χ3n) is 4.41. The largest absolute Gasteiger partial charge is 0.506 e. The summed E-state index contributed by atoms with van der Waals surface area (Å²) in [5.41, 5.74) is 1.15. The van der Waals surface area contributed by atoms with Crippen LogP contribution in [0.3, 0.4) is 0 Å². The molecule has 2 saturated heterocycles. The summed E-state index contributed by atoms with van der Waals surface area (Å²) in [5.74, 6) is -0.0777. The topological polar surface area (TPSA) is 125 Å². The molecule has 1 aromatic rings. The van der Waals surface area contributed by atoms with Gasteiger partial charge >= 0.3 is 0 Å². The monoisotopic (exact) mass is 357 g/mol. The molecule has 3 unspecified atom stereocenters. The average molecular weight is 357 g/mol. The van der Waals surface area contributed by atoms with Crippen LogP contribution in [0.25, 0.3) is 0 Å². The van der Waals surface area contributed by atoms with Crippen molar-refractivity contribution in [2.45, 2.75) is 44.0 Å². The highest BCUT2D eigenvalue weighted by molar-refractivity contribution is 8.24. The number of hydrogen-bond acceptors (Lipinski definition) is 8. The van der Waals surface area contributed by atoms with Gasteiger partial charge in [0, 0.05) is 6.04 Å². The van der Waals surface area contributed by atoms with E-state index in [1.165, 1.54) is 0 Å². The number of carbonyl (C=O) groups excluding carboxylic acids is 1. The molecule has 2 aliphatic rings. The number of β-amino-alcohol motifs (C(OH)–C–C–N with tert-alkyl or cyclic N) is 1. The van der Waals surface area contributed by atoms with Crippen molar-refractivity contribution in [2.75, 3.05) is 10.8 Å². The number of rotatable bonds is 4. The van der Waals surface area contributed by atoms with Gasteiger partial charge in [-0.2, -0.15) is 4.72 Å². The predicted molar refractivity (Wildman–Crippen MR) is 91.8 cm³/mol. The molecule has 0 bridgehead atoms. The normalized spacial score (nSPS) is 31.0. The molecular formula is C15H23N3O5S. The summed E-state index contributed by atoms with van der Waals surface area (Å²) < 4.78 is 23.3. The predicted octanol–water partition coefficient (Wildman–Crippen LogP) is 0.953. The van der Waals surface area contributed by atoms with E-state index in [1.54, 1.807) is 12.1 Å². The van der Waals surface area contributed by atoms with Crippen LogP contribution in [0.4, 0.5) is 5.69 Å². The smallest absolute Gasteiger partial charge is 0.142 e. The number of benzene rings is 1. The number of aromatic hydroxyl groups is 1. The van der Waals surface area contributed by atoms with Crippen LogP contribution in [0, 0.1) is 0 Å².